The molecule has 0 fully saturated rings. The number of nitrogens with one attached hydrogen (secondary N) is 1. The second-order valence-electron chi connectivity index (χ2n) is 3.84. The zero-order chi connectivity index (χ0) is 12.8. The van der Waals surface area contributed by atoms with Crippen LogP contribution in [0.4, 0.5) is 0 Å². The number of benzene rings is 1. The average molecular weight is 239 g/mol. The molecule has 5 heteroatoms. The van der Waals surface area contributed by atoms with Crippen LogP contribution in [0, 0.1) is 0 Å². The van der Waals surface area contributed by atoms with Gasteiger partial charge in [-0.15, -0.1) is 0 Å². The van der Waals surface area contributed by atoms with Crippen LogP contribution in [-0.2, 0) is 4.79 Å². The Kier molecular flexibility index (Phi) is 4.93. The van der Waals surface area contributed by atoms with E-state index in [9.17, 15) is 20.1 Å². The predicted octanol–water partition coefficient (Wildman–Crippen LogP) is 0.313. The largest absolute Gasteiger partial charge is 0.508 e. The number of amides is 1. The molecule has 1 rings (SSSR count). The molecular formula is C12H17NO4. The summed E-state index contributed by atoms with van der Waals surface area (Å²) in [6, 6.07) is 6.29. The van der Waals surface area contributed by atoms with E-state index in [1.54, 1.807) is 18.2 Å². The molecule has 4 N–H and O–H groups in total. The first kappa shape index (κ1) is 13.5. The van der Waals surface area contributed by atoms with Crippen molar-refractivity contribution in [3.8, 4) is 5.75 Å². The maximum atomic E-state index is 10.6. The third kappa shape index (κ3) is 4.05. The van der Waals surface area contributed by atoms with Gasteiger partial charge in [-0.25, -0.2) is 0 Å². The fourth-order valence-electron chi connectivity index (χ4n) is 1.50. The van der Waals surface area contributed by atoms with Gasteiger partial charge in [0.15, 0.2) is 0 Å². The maximum Gasteiger partial charge on any atom is 0.216 e. The van der Waals surface area contributed by atoms with Gasteiger partial charge < -0.3 is 20.6 Å². The Morgan fingerprint density at radius 3 is 2.59 bits per heavy atom. The maximum absolute atomic E-state index is 10.6. The van der Waals surface area contributed by atoms with Crippen molar-refractivity contribution in [2.24, 2.45) is 0 Å². The van der Waals surface area contributed by atoms with Gasteiger partial charge in [0, 0.05) is 19.0 Å². The highest BCUT2D eigenvalue weighted by molar-refractivity contribution is 5.72. The first-order valence-corrected chi connectivity index (χ1v) is 5.41. The summed E-state index contributed by atoms with van der Waals surface area (Å²) < 4.78 is 0. The summed E-state index contributed by atoms with van der Waals surface area (Å²) in [5, 5.41) is 31.5. The molecule has 0 aromatic heterocycles. The van der Waals surface area contributed by atoms with Gasteiger partial charge in [-0.1, -0.05) is 18.2 Å². The van der Waals surface area contributed by atoms with Gasteiger partial charge >= 0.3 is 0 Å². The van der Waals surface area contributed by atoms with Crippen LogP contribution in [0.2, 0.25) is 0 Å². The van der Waals surface area contributed by atoms with Gasteiger partial charge in [0.1, 0.15) is 11.9 Å². The van der Waals surface area contributed by atoms with Gasteiger partial charge in [0.05, 0.1) is 6.10 Å². The minimum atomic E-state index is -1.16. The van der Waals surface area contributed by atoms with Crippen molar-refractivity contribution < 1.29 is 20.1 Å². The third-order valence-corrected chi connectivity index (χ3v) is 2.43. The van der Waals surface area contributed by atoms with Crippen molar-refractivity contribution in [2.45, 2.75) is 25.6 Å². The molecule has 1 aromatic carbocycles. The smallest absolute Gasteiger partial charge is 0.216 e. The second-order valence-corrected chi connectivity index (χ2v) is 3.84. The van der Waals surface area contributed by atoms with E-state index in [4.69, 9.17) is 0 Å². The summed E-state index contributed by atoms with van der Waals surface area (Å²) in [7, 11) is 0. The van der Waals surface area contributed by atoms with Crippen molar-refractivity contribution in [1.82, 2.24) is 5.32 Å². The highest BCUT2D eigenvalue weighted by atomic mass is 16.3. The number of carbonyl (C=O) groups excluding carboxylic acids is 1. The van der Waals surface area contributed by atoms with Crippen LogP contribution in [0.5, 0.6) is 5.75 Å². The Hall–Kier alpha value is -1.59. The standard InChI is InChI=1S/C12H17NO4/c1-8(14)13-7-6-11(16)12(17)9-4-2-3-5-10(9)15/h2-5,11-12,15-17H,6-7H2,1H3,(H,13,14). The summed E-state index contributed by atoms with van der Waals surface area (Å²) >= 11 is 0. The molecule has 0 spiro atoms. The van der Waals surface area contributed by atoms with Crippen LogP contribution >= 0.6 is 0 Å². The number of aromatic hydroxyl groups is 1. The molecular weight excluding hydrogens is 222 g/mol. The van der Waals surface area contributed by atoms with Gasteiger partial charge in [0.2, 0.25) is 5.91 Å². The number of phenolic OH excluding ortho intramolecular Hbond substituents is 1. The number of hydrogen-bond acceptors (Lipinski definition) is 4. The molecule has 0 aliphatic rings. The van der Waals surface area contributed by atoms with Crippen LogP contribution < -0.4 is 5.32 Å². The highest BCUT2D eigenvalue weighted by Crippen LogP contribution is 2.26. The number of phenols is 1. The zero-order valence-electron chi connectivity index (χ0n) is 9.63. The Morgan fingerprint density at radius 1 is 1.35 bits per heavy atom. The molecule has 2 unspecified atom stereocenters. The Balaban J connectivity index is 2.55. The molecule has 0 radical (unpaired) electrons. The number of para-hydroxylation sites is 1. The van der Waals surface area contributed by atoms with Crippen LogP contribution in [0.3, 0.4) is 0 Å². The van der Waals surface area contributed by atoms with E-state index >= 15 is 0 Å². The van der Waals surface area contributed by atoms with Gasteiger partial charge in [0.25, 0.3) is 0 Å². The fourth-order valence-corrected chi connectivity index (χ4v) is 1.50. The van der Waals surface area contributed by atoms with E-state index < -0.39 is 12.2 Å². The molecule has 0 heterocycles. The molecule has 2 atom stereocenters. The van der Waals surface area contributed by atoms with E-state index in [0.29, 0.717) is 0 Å². The molecule has 1 amide bonds. The SMILES string of the molecule is CC(=O)NCCC(O)C(O)c1ccccc1O. The third-order valence-electron chi connectivity index (χ3n) is 2.43. The summed E-state index contributed by atoms with van der Waals surface area (Å²) in [5.41, 5.74) is 0.280. The highest BCUT2D eigenvalue weighted by Gasteiger charge is 2.20. The molecule has 5 nitrogen and oxygen atoms in total. The Labute approximate surface area is 99.7 Å². The average Bonchev–Trinajstić information content (AvgIpc) is 2.28. The monoisotopic (exact) mass is 239 g/mol. The lowest BCUT2D eigenvalue weighted by Crippen LogP contribution is -2.27. The molecule has 17 heavy (non-hydrogen) atoms. The molecule has 94 valence electrons. The van der Waals surface area contributed by atoms with Crippen LogP contribution in [0.25, 0.3) is 0 Å². The predicted molar refractivity (Wildman–Crippen MR) is 62.4 cm³/mol. The number of hydrogen-bond donors (Lipinski definition) is 4. The normalized spacial score (nSPS) is 14.1. The number of carbonyl (C=O) groups is 1. The van der Waals surface area contributed by atoms with Crippen LogP contribution in [-0.4, -0.2) is 33.9 Å². The van der Waals surface area contributed by atoms with Gasteiger partial charge in [-0.2, -0.15) is 0 Å². The van der Waals surface area contributed by atoms with E-state index in [1.165, 1.54) is 13.0 Å². The van der Waals surface area contributed by atoms with E-state index in [1.807, 2.05) is 0 Å². The van der Waals surface area contributed by atoms with Crippen molar-refractivity contribution in [3.05, 3.63) is 29.8 Å². The van der Waals surface area contributed by atoms with E-state index in [0.717, 1.165) is 0 Å². The molecule has 0 aliphatic heterocycles. The lowest BCUT2D eigenvalue weighted by atomic mass is 10.0. The van der Waals surface area contributed by atoms with Crippen molar-refractivity contribution in [3.63, 3.8) is 0 Å². The first-order valence-electron chi connectivity index (χ1n) is 5.41. The molecule has 1 aromatic rings. The zero-order valence-corrected chi connectivity index (χ0v) is 9.63. The topological polar surface area (TPSA) is 89.8 Å². The quantitative estimate of drug-likeness (QED) is 0.595. The van der Waals surface area contributed by atoms with Crippen LogP contribution in [0.15, 0.2) is 24.3 Å². The molecule has 0 saturated carbocycles. The number of aliphatic hydroxyl groups excluding tert-OH is 2. The summed E-state index contributed by atoms with van der Waals surface area (Å²) in [6.45, 7) is 1.66. The Bertz CT molecular complexity index is 381. The first-order chi connectivity index (χ1) is 8.02. The van der Waals surface area contributed by atoms with Crippen LogP contribution in [0.1, 0.15) is 25.0 Å². The van der Waals surface area contributed by atoms with E-state index in [2.05, 4.69) is 5.32 Å². The fraction of sp³-hybridized carbons (Fsp3) is 0.417. The lowest BCUT2D eigenvalue weighted by Gasteiger charge is -2.19. The minimum Gasteiger partial charge on any atom is -0.508 e. The second kappa shape index (κ2) is 6.22. The lowest BCUT2D eigenvalue weighted by molar-refractivity contribution is -0.119. The summed E-state index contributed by atoms with van der Waals surface area (Å²) in [5.74, 6) is -0.243. The number of aliphatic hydroxyl groups is 2. The van der Waals surface area contributed by atoms with E-state index in [-0.39, 0.29) is 30.2 Å². The number of rotatable bonds is 5. The van der Waals surface area contributed by atoms with Crippen molar-refractivity contribution in [2.75, 3.05) is 6.54 Å². The minimum absolute atomic E-state index is 0.0569. The Morgan fingerprint density at radius 2 is 2.00 bits per heavy atom. The summed E-state index contributed by atoms with van der Waals surface area (Å²) in [6.07, 6.45) is -1.98. The van der Waals surface area contributed by atoms with Crippen molar-refractivity contribution in [1.29, 1.82) is 0 Å². The molecule has 0 bridgehead atoms. The van der Waals surface area contributed by atoms with Gasteiger partial charge in [-0.05, 0) is 12.5 Å². The molecule has 0 saturated heterocycles. The van der Waals surface area contributed by atoms with Crippen molar-refractivity contribution >= 4 is 5.91 Å². The molecule has 0 aliphatic carbocycles. The summed E-state index contributed by atoms with van der Waals surface area (Å²) in [4.78, 5) is 10.6. The van der Waals surface area contributed by atoms with Gasteiger partial charge in [-0.3, -0.25) is 4.79 Å².